The highest BCUT2D eigenvalue weighted by Gasteiger charge is 2.25. The van der Waals surface area contributed by atoms with Gasteiger partial charge in [0.25, 0.3) is 5.91 Å². The largest absolute Gasteiger partial charge is 0.427 e. The minimum absolute atomic E-state index is 0.0511. The van der Waals surface area contributed by atoms with Gasteiger partial charge in [-0.3, -0.25) is 4.79 Å². The fourth-order valence-electron chi connectivity index (χ4n) is 3.68. The van der Waals surface area contributed by atoms with Gasteiger partial charge in [0.15, 0.2) is 0 Å². The number of amides is 1. The molecule has 1 aliphatic heterocycles. The molecule has 28 heavy (non-hydrogen) atoms. The Labute approximate surface area is 166 Å². The Morgan fingerprint density at radius 2 is 1.96 bits per heavy atom. The SMILES string of the molecule is CCN(CC1CCCCO1)C(=O)c1c(C)cc(CCc2ccccc2)oc1=O. The van der Waals surface area contributed by atoms with Crippen LogP contribution in [0.5, 0.6) is 0 Å². The van der Waals surface area contributed by atoms with Crippen LogP contribution >= 0.6 is 0 Å². The normalized spacial score (nSPS) is 16.7. The number of likely N-dealkylation sites (N-methyl/N-ethyl adjacent to an activating group) is 1. The predicted molar refractivity (Wildman–Crippen MR) is 109 cm³/mol. The molecule has 1 fully saturated rings. The highest BCUT2D eigenvalue weighted by atomic mass is 16.5. The van der Waals surface area contributed by atoms with Gasteiger partial charge in [-0.2, -0.15) is 0 Å². The Morgan fingerprint density at radius 1 is 1.18 bits per heavy atom. The van der Waals surface area contributed by atoms with Crippen molar-refractivity contribution in [1.29, 1.82) is 0 Å². The summed E-state index contributed by atoms with van der Waals surface area (Å²) in [6.45, 7) is 5.53. The van der Waals surface area contributed by atoms with Crippen molar-refractivity contribution in [3.8, 4) is 0 Å². The molecule has 0 bridgehead atoms. The van der Waals surface area contributed by atoms with Gasteiger partial charge in [-0.15, -0.1) is 0 Å². The molecule has 2 aromatic rings. The Morgan fingerprint density at radius 3 is 2.61 bits per heavy atom. The van der Waals surface area contributed by atoms with Crippen LogP contribution in [0, 0.1) is 6.92 Å². The first-order chi connectivity index (χ1) is 13.6. The summed E-state index contributed by atoms with van der Waals surface area (Å²) in [5, 5.41) is 0. The van der Waals surface area contributed by atoms with Crippen molar-refractivity contribution in [1.82, 2.24) is 4.90 Å². The Balaban J connectivity index is 1.71. The zero-order valence-corrected chi connectivity index (χ0v) is 16.8. The zero-order valence-electron chi connectivity index (χ0n) is 16.8. The van der Waals surface area contributed by atoms with Crippen molar-refractivity contribution >= 4 is 5.91 Å². The lowest BCUT2D eigenvalue weighted by atomic mass is 10.0. The van der Waals surface area contributed by atoms with Gasteiger partial charge in [-0.25, -0.2) is 4.79 Å². The monoisotopic (exact) mass is 383 g/mol. The predicted octanol–water partition coefficient (Wildman–Crippen LogP) is 3.76. The second-order valence-corrected chi connectivity index (χ2v) is 7.38. The van der Waals surface area contributed by atoms with E-state index in [0.717, 1.165) is 32.3 Å². The first-order valence-electron chi connectivity index (χ1n) is 10.2. The number of ether oxygens (including phenoxy) is 1. The molecule has 1 amide bonds. The van der Waals surface area contributed by atoms with Gasteiger partial charge in [-0.1, -0.05) is 30.3 Å². The van der Waals surface area contributed by atoms with E-state index in [0.29, 0.717) is 30.8 Å². The highest BCUT2D eigenvalue weighted by Crippen LogP contribution is 2.16. The van der Waals surface area contributed by atoms with Crippen molar-refractivity contribution in [2.75, 3.05) is 19.7 Å². The highest BCUT2D eigenvalue weighted by molar-refractivity contribution is 5.95. The smallest absolute Gasteiger partial charge is 0.349 e. The molecular weight excluding hydrogens is 354 g/mol. The standard InChI is InChI=1S/C23H29NO4/c1-3-24(16-20-11-7-8-14-27-20)22(25)21-17(2)15-19(28-23(21)26)13-12-18-9-5-4-6-10-18/h4-6,9-10,15,20H,3,7-8,11-14,16H2,1-2H3. The van der Waals surface area contributed by atoms with Crippen LogP contribution in [0.15, 0.2) is 45.6 Å². The van der Waals surface area contributed by atoms with Crippen molar-refractivity contribution in [2.45, 2.75) is 52.1 Å². The van der Waals surface area contributed by atoms with E-state index < -0.39 is 5.63 Å². The Kier molecular flexibility index (Phi) is 7.04. The number of carbonyl (C=O) groups excluding carboxylic acids is 1. The van der Waals surface area contributed by atoms with E-state index in [4.69, 9.17) is 9.15 Å². The number of nitrogens with zero attached hydrogens (tertiary/aromatic N) is 1. The van der Waals surface area contributed by atoms with Crippen molar-refractivity contribution in [2.24, 2.45) is 0 Å². The van der Waals surface area contributed by atoms with Gasteiger partial charge >= 0.3 is 5.63 Å². The topological polar surface area (TPSA) is 59.8 Å². The van der Waals surface area contributed by atoms with Crippen molar-refractivity contribution in [3.05, 3.63) is 69.3 Å². The molecule has 1 aromatic carbocycles. The molecular formula is C23H29NO4. The quantitative estimate of drug-likeness (QED) is 0.730. The van der Waals surface area contributed by atoms with E-state index in [1.165, 1.54) is 5.56 Å². The molecule has 150 valence electrons. The van der Waals surface area contributed by atoms with Gasteiger partial charge in [-0.05, 0) is 56.7 Å². The summed E-state index contributed by atoms with van der Waals surface area (Å²) < 4.78 is 11.2. The summed E-state index contributed by atoms with van der Waals surface area (Å²) in [4.78, 5) is 27.3. The first kappa shape index (κ1) is 20.3. The van der Waals surface area contributed by atoms with Gasteiger partial charge < -0.3 is 14.1 Å². The molecule has 0 N–H and O–H groups in total. The third-order valence-corrected chi connectivity index (χ3v) is 5.28. The van der Waals surface area contributed by atoms with Crippen LogP contribution in [-0.4, -0.2) is 36.6 Å². The molecule has 5 nitrogen and oxygen atoms in total. The lowest BCUT2D eigenvalue weighted by Gasteiger charge is -2.29. The summed E-state index contributed by atoms with van der Waals surface area (Å²) in [5.41, 5.74) is 1.46. The third kappa shape index (κ3) is 5.10. The average Bonchev–Trinajstić information content (AvgIpc) is 2.71. The molecule has 3 rings (SSSR count). The lowest BCUT2D eigenvalue weighted by molar-refractivity contribution is -0.00322. The summed E-state index contributed by atoms with van der Waals surface area (Å²) >= 11 is 0. The fourth-order valence-corrected chi connectivity index (χ4v) is 3.68. The molecule has 2 heterocycles. The lowest BCUT2D eigenvalue weighted by Crippen LogP contribution is -2.41. The molecule has 0 spiro atoms. The van der Waals surface area contributed by atoms with Crippen LogP contribution in [-0.2, 0) is 17.6 Å². The molecule has 1 atom stereocenters. The minimum atomic E-state index is -0.545. The number of aryl methyl sites for hydroxylation is 3. The van der Waals surface area contributed by atoms with E-state index in [1.54, 1.807) is 11.8 Å². The maximum absolute atomic E-state index is 13.0. The average molecular weight is 383 g/mol. The Hall–Kier alpha value is -2.40. The van der Waals surface area contributed by atoms with Crippen LogP contribution in [0.2, 0.25) is 0 Å². The Bertz CT molecular complexity index is 837. The molecule has 0 saturated carbocycles. The van der Waals surface area contributed by atoms with E-state index in [2.05, 4.69) is 12.1 Å². The van der Waals surface area contributed by atoms with Gasteiger partial charge in [0, 0.05) is 26.1 Å². The number of rotatable bonds is 7. The van der Waals surface area contributed by atoms with Crippen molar-refractivity contribution in [3.63, 3.8) is 0 Å². The molecule has 5 heteroatoms. The second-order valence-electron chi connectivity index (χ2n) is 7.38. The van der Waals surface area contributed by atoms with E-state index >= 15 is 0 Å². The van der Waals surface area contributed by atoms with Crippen LogP contribution in [0.1, 0.15) is 53.4 Å². The van der Waals surface area contributed by atoms with Crippen LogP contribution in [0.25, 0.3) is 0 Å². The summed E-state index contributed by atoms with van der Waals surface area (Å²) in [6.07, 6.45) is 4.61. The maximum Gasteiger partial charge on any atom is 0.349 e. The molecule has 1 aliphatic rings. The fraction of sp³-hybridized carbons (Fsp3) is 0.478. The maximum atomic E-state index is 13.0. The number of hydrogen-bond donors (Lipinski definition) is 0. The zero-order chi connectivity index (χ0) is 19.9. The van der Waals surface area contributed by atoms with E-state index in [-0.39, 0.29) is 17.6 Å². The van der Waals surface area contributed by atoms with Crippen LogP contribution < -0.4 is 5.63 Å². The van der Waals surface area contributed by atoms with E-state index in [9.17, 15) is 9.59 Å². The molecule has 0 radical (unpaired) electrons. The van der Waals surface area contributed by atoms with Gasteiger partial charge in [0.2, 0.25) is 0 Å². The molecule has 0 aliphatic carbocycles. The summed E-state index contributed by atoms with van der Waals surface area (Å²) in [5.74, 6) is 0.346. The van der Waals surface area contributed by atoms with Gasteiger partial charge in [0.05, 0.1) is 6.10 Å². The molecule has 1 unspecified atom stereocenters. The number of carbonyl (C=O) groups is 1. The van der Waals surface area contributed by atoms with E-state index in [1.807, 2.05) is 31.2 Å². The summed E-state index contributed by atoms with van der Waals surface area (Å²) in [7, 11) is 0. The molecule has 1 saturated heterocycles. The molecule has 1 aromatic heterocycles. The number of hydrogen-bond acceptors (Lipinski definition) is 4. The van der Waals surface area contributed by atoms with Crippen LogP contribution in [0.3, 0.4) is 0 Å². The minimum Gasteiger partial charge on any atom is -0.427 e. The third-order valence-electron chi connectivity index (χ3n) is 5.28. The first-order valence-corrected chi connectivity index (χ1v) is 10.2. The van der Waals surface area contributed by atoms with Gasteiger partial charge in [0.1, 0.15) is 11.3 Å². The summed E-state index contributed by atoms with van der Waals surface area (Å²) in [6, 6.07) is 11.9. The van der Waals surface area contributed by atoms with Crippen LogP contribution in [0.4, 0.5) is 0 Å². The van der Waals surface area contributed by atoms with Crippen molar-refractivity contribution < 1.29 is 13.9 Å². The second kappa shape index (κ2) is 9.69. The number of benzene rings is 1.